The fourth-order valence-corrected chi connectivity index (χ4v) is 3.81. The van der Waals surface area contributed by atoms with Gasteiger partial charge in [-0.2, -0.15) is 0 Å². The Bertz CT molecular complexity index is 653. The zero-order valence-corrected chi connectivity index (χ0v) is 14.6. The molecule has 5 heteroatoms. The minimum Gasteiger partial charge on any atom is -0.493 e. The average molecular weight is 331 g/mol. The number of benzene rings is 1. The standard InChI is InChI=1S/C19H25NO4/c1-4-24-19(21)11-16-14-10-18(23-3)17(22-2)9-13(14)12-7-5-6-8-15(12)20-16/h9-12,15,20H,4-8H2,1-3H3/b16-11+/t12-,15-/m1/s1. The predicted octanol–water partition coefficient (Wildman–Crippen LogP) is 3.24. The van der Waals surface area contributed by atoms with Gasteiger partial charge in [0, 0.05) is 29.3 Å². The zero-order valence-electron chi connectivity index (χ0n) is 14.6. The van der Waals surface area contributed by atoms with Crippen LogP contribution in [0.1, 0.15) is 49.7 Å². The third-order valence-electron chi connectivity index (χ3n) is 4.90. The lowest BCUT2D eigenvalue weighted by atomic mass is 9.75. The molecule has 0 radical (unpaired) electrons. The highest BCUT2D eigenvalue weighted by Crippen LogP contribution is 2.45. The van der Waals surface area contributed by atoms with E-state index in [0.29, 0.717) is 24.3 Å². The van der Waals surface area contributed by atoms with Crippen LogP contribution in [0.2, 0.25) is 0 Å². The number of methoxy groups -OCH3 is 2. The number of esters is 1. The van der Waals surface area contributed by atoms with E-state index in [9.17, 15) is 4.79 Å². The van der Waals surface area contributed by atoms with Crippen molar-refractivity contribution in [2.75, 3.05) is 20.8 Å². The van der Waals surface area contributed by atoms with Crippen LogP contribution in [-0.4, -0.2) is 32.8 Å². The Morgan fingerprint density at radius 2 is 1.92 bits per heavy atom. The van der Waals surface area contributed by atoms with E-state index in [4.69, 9.17) is 14.2 Å². The van der Waals surface area contributed by atoms with Gasteiger partial charge in [-0.25, -0.2) is 4.79 Å². The number of hydrogen-bond acceptors (Lipinski definition) is 5. The summed E-state index contributed by atoms with van der Waals surface area (Å²) in [5.74, 6) is 1.52. The van der Waals surface area contributed by atoms with Crippen molar-refractivity contribution < 1.29 is 19.0 Å². The maximum atomic E-state index is 12.0. The van der Waals surface area contributed by atoms with Crippen LogP contribution in [0.4, 0.5) is 0 Å². The van der Waals surface area contributed by atoms with Gasteiger partial charge < -0.3 is 19.5 Å². The molecule has 0 bridgehead atoms. The molecule has 2 atom stereocenters. The van der Waals surface area contributed by atoms with Crippen LogP contribution in [0.25, 0.3) is 5.70 Å². The second-order valence-corrected chi connectivity index (χ2v) is 6.25. The lowest BCUT2D eigenvalue weighted by Gasteiger charge is -2.40. The summed E-state index contributed by atoms with van der Waals surface area (Å²) < 4.78 is 16.0. The fraction of sp³-hybridized carbons (Fsp3) is 0.526. The van der Waals surface area contributed by atoms with Crippen molar-refractivity contribution in [2.45, 2.75) is 44.6 Å². The maximum Gasteiger partial charge on any atom is 0.332 e. The average Bonchev–Trinajstić information content (AvgIpc) is 2.60. The largest absolute Gasteiger partial charge is 0.493 e. The number of carbonyl (C=O) groups excluding carboxylic acids is 1. The molecule has 1 N–H and O–H groups in total. The van der Waals surface area contributed by atoms with Gasteiger partial charge in [-0.3, -0.25) is 0 Å². The number of hydrogen-bond donors (Lipinski definition) is 1. The second-order valence-electron chi connectivity index (χ2n) is 6.25. The zero-order chi connectivity index (χ0) is 17.1. The summed E-state index contributed by atoms with van der Waals surface area (Å²) in [5.41, 5.74) is 3.04. The van der Waals surface area contributed by atoms with E-state index in [1.165, 1.54) is 18.4 Å². The van der Waals surface area contributed by atoms with Crippen molar-refractivity contribution in [3.8, 4) is 11.5 Å². The molecule has 0 aromatic heterocycles. The molecule has 0 amide bonds. The number of ether oxygens (including phenoxy) is 3. The Hall–Kier alpha value is -2.17. The summed E-state index contributed by atoms with van der Waals surface area (Å²) in [4.78, 5) is 12.0. The third-order valence-corrected chi connectivity index (χ3v) is 4.90. The summed E-state index contributed by atoms with van der Waals surface area (Å²) in [6.45, 7) is 2.18. The molecule has 0 saturated heterocycles. The van der Waals surface area contributed by atoms with Gasteiger partial charge in [0.1, 0.15) is 0 Å². The van der Waals surface area contributed by atoms with Gasteiger partial charge in [-0.05, 0) is 37.5 Å². The molecule has 1 heterocycles. The van der Waals surface area contributed by atoms with Crippen molar-refractivity contribution in [3.05, 3.63) is 29.3 Å². The van der Waals surface area contributed by atoms with Crippen molar-refractivity contribution in [3.63, 3.8) is 0 Å². The molecular formula is C19H25NO4. The molecule has 2 aliphatic rings. The van der Waals surface area contributed by atoms with E-state index in [2.05, 4.69) is 11.4 Å². The first-order chi connectivity index (χ1) is 11.7. The van der Waals surface area contributed by atoms with E-state index >= 15 is 0 Å². The smallest absolute Gasteiger partial charge is 0.332 e. The first-order valence-electron chi connectivity index (χ1n) is 8.59. The van der Waals surface area contributed by atoms with Gasteiger partial charge in [-0.15, -0.1) is 0 Å². The number of nitrogens with one attached hydrogen (secondary N) is 1. The summed E-state index contributed by atoms with van der Waals surface area (Å²) in [6, 6.07) is 4.37. The third kappa shape index (κ3) is 3.07. The van der Waals surface area contributed by atoms with Crippen LogP contribution in [0.5, 0.6) is 11.5 Å². The predicted molar refractivity (Wildman–Crippen MR) is 92.3 cm³/mol. The lowest BCUT2D eigenvalue weighted by Crippen LogP contribution is -2.40. The molecule has 0 unspecified atom stereocenters. The van der Waals surface area contributed by atoms with E-state index in [1.807, 2.05) is 13.0 Å². The highest BCUT2D eigenvalue weighted by Gasteiger charge is 2.34. The Labute approximate surface area is 143 Å². The van der Waals surface area contributed by atoms with Crippen LogP contribution in [0.15, 0.2) is 18.2 Å². The first kappa shape index (κ1) is 16.7. The molecule has 3 rings (SSSR count). The molecule has 130 valence electrons. The molecular weight excluding hydrogens is 306 g/mol. The molecule has 1 aliphatic heterocycles. The summed E-state index contributed by atoms with van der Waals surface area (Å²) in [6.07, 6.45) is 6.25. The van der Waals surface area contributed by atoms with E-state index < -0.39 is 0 Å². The van der Waals surface area contributed by atoms with Crippen molar-refractivity contribution >= 4 is 11.7 Å². The highest BCUT2D eigenvalue weighted by molar-refractivity contribution is 5.92. The summed E-state index contributed by atoms with van der Waals surface area (Å²) in [7, 11) is 3.28. The topological polar surface area (TPSA) is 56.8 Å². The SMILES string of the molecule is CCOC(=O)/C=C1/N[C@@H]2CCCC[C@@H]2c2cc(OC)c(OC)cc21. The van der Waals surface area contributed by atoms with E-state index in [1.54, 1.807) is 20.3 Å². The number of fused-ring (bicyclic) bond motifs is 3. The Kier molecular flexibility index (Phi) is 4.97. The van der Waals surface area contributed by atoms with E-state index in [0.717, 1.165) is 29.9 Å². The van der Waals surface area contributed by atoms with Crippen molar-refractivity contribution in [2.24, 2.45) is 0 Å². The molecule has 0 spiro atoms. The second kappa shape index (κ2) is 7.16. The van der Waals surface area contributed by atoms with Gasteiger partial charge in [-0.1, -0.05) is 12.8 Å². The van der Waals surface area contributed by atoms with Crippen LogP contribution >= 0.6 is 0 Å². The number of carbonyl (C=O) groups is 1. The Balaban J connectivity index is 2.09. The Morgan fingerprint density at radius 1 is 1.21 bits per heavy atom. The molecule has 1 aromatic carbocycles. The van der Waals surface area contributed by atoms with Crippen molar-refractivity contribution in [1.29, 1.82) is 0 Å². The molecule has 1 saturated carbocycles. The molecule has 1 aliphatic carbocycles. The first-order valence-corrected chi connectivity index (χ1v) is 8.59. The van der Waals surface area contributed by atoms with Crippen LogP contribution < -0.4 is 14.8 Å². The molecule has 1 aromatic rings. The van der Waals surface area contributed by atoms with Crippen LogP contribution in [-0.2, 0) is 9.53 Å². The monoisotopic (exact) mass is 331 g/mol. The summed E-state index contributed by atoms with van der Waals surface area (Å²) >= 11 is 0. The van der Waals surface area contributed by atoms with Gasteiger partial charge in [0.15, 0.2) is 11.5 Å². The fourth-order valence-electron chi connectivity index (χ4n) is 3.81. The summed E-state index contributed by atoms with van der Waals surface area (Å²) in [5, 5.41) is 3.55. The van der Waals surface area contributed by atoms with Crippen LogP contribution in [0, 0.1) is 0 Å². The van der Waals surface area contributed by atoms with Gasteiger partial charge >= 0.3 is 5.97 Å². The molecule has 24 heavy (non-hydrogen) atoms. The molecule has 5 nitrogen and oxygen atoms in total. The minimum absolute atomic E-state index is 0.324. The lowest BCUT2D eigenvalue weighted by molar-refractivity contribution is -0.137. The normalized spacial score (nSPS) is 23.7. The number of rotatable bonds is 4. The van der Waals surface area contributed by atoms with Crippen LogP contribution in [0.3, 0.4) is 0 Å². The van der Waals surface area contributed by atoms with Crippen molar-refractivity contribution in [1.82, 2.24) is 5.32 Å². The van der Waals surface area contributed by atoms with Gasteiger partial charge in [0.25, 0.3) is 0 Å². The minimum atomic E-state index is -0.324. The maximum absolute atomic E-state index is 12.0. The Morgan fingerprint density at radius 3 is 2.62 bits per heavy atom. The van der Waals surface area contributed by atoms with Gasteiger partial charge in [0.05, 0.1) is 20.8 Å². The quantitative estimate of drug-likeness (QED) is 0.678. The van der Waals surface area contributed by atoms with E-state index in [-0.39, 0.29) is 5.97 Å². The van der Waals surface area contributed by atoms with Gasteiger partial charge in [0.2, 0.25) is 0 Å². The molecule has 1 fully saturated rings. The highest BCUT2D eigenvalue weighted by atomic mass is 16.5.